The number of esters is 2. The third kappa shape index (κ3) is 8.38. The van der Waals surface area contributed by atoms with E-state index in [2.05, 4.69) is 40.4 Å². The fraction of sp³-hybridized carbons (Fsp3) is 0.846. The van der Waals surface area contributed by atoms with Crippen LogP contribution in [0.5, 0.6) is 0 Å². The van der Waals surface area contributed by atoms with Crippen LogP contribution in [-0.4, -0.2) is 91.1 Å². The predicted molar refractivity (Wildman–Crippen MR) is 155 cm³/mol. The van der Waals surface area contributed by atoms with Crippen LogP contribution in [0, 0.1) is 5.92 Å². The van der Waals surface area contributed by atoms with E-state index < -0.39 is 68.3 Å². The molecule has 10 nitrogen and oxygen atoms in total. The summed E-state index contributed by atoms with van der Waals surface area (Å²) < 4.78 is 57.6. The van der Waals surface area contributed by atoms with E-state index in [9.17, 15) is 18.0 Å². The molecule has 0 aliphatic carbocycles. The molecule has 13 heteroatoms. The van der Waals surface area contributed by atoms with Crippen molar-refractivity contribution in [2.45, 2.75) is 109 Å². The van der Waals surface area contributed by atoms with Gasteiger partial charge in [-0.2, -0.15) is 4.31 Å². The zero-order chi connectivity index (χ0) is 30.2. The molecule has 0 N–H and O–H groups in total. The molecule has 2 rings (SSSR count). The van der Waals surface area contributed by atoms with Gasteiger partial charge in [-0.1, -0.05) is 40.4 Å². The molecule has 2 aliphatic rings. The minimum Gasteiger partial charge on any atom is -0.539 e. The summed E-state index contributed by atoms with van der Waals surface area (Å²) in [6.07, 6.45) is -0.0662. The number of fused-ring (bicyclic) bond motifs is 1. The Labute approximate surface area is 236 Å². The molecule has 0 saturated carbocycles. The van der Waals surface area contributed by atoms with Crippen LogP contribution in [0.1, 0.15) is 41.5 Å². The maximum absolute atomic E-state index is 13.6. The molecule has 39 heavy (non-hydrogen) atoms. The first-order valence-corrected chi connectivity index (χ1v) is 21.8. The summed E-state index contributed by atoms with van der Waals surface area (Å²) in [5.74, 6) is -3.12. The Morgan fingerprint density at radius 3 is 2.18 bits per heavy atom. The van der Waals surface area contributed by atoms with E-state index in [-0.39, 0.29) is 29.7 Å². The molecule has 0 spiro atoms. The molecule has 0 aromatic heterocycles. The van der Waals surface area contributed by atoms with Crippen molar-refractivity contribution in [3.05, 3.63) is 11.8 Å². The SMILES string of the molecule is CCOC(=O)C1[C@H]2OC(C)(C)O[C@H](/C=C(/O[Si](C)(C)C(C)(C)C)C(=O)OC)[C@H]2CN1S(=O)(=O)CC[Si](C)(C)C. The lowest BCUT2D eigenvalue weighted by molar-refractivity contribution is -0.306. The Kier molecular flexibility index (Phi) is 10.4. The van der Waals surface area contributed by atoms with Gasteiger partial charge >= 0.3 is 11.9 Å². The number of carbonyl (C=O) groups is 2. The fourth-order valence-electron chi connectivity index (χ4n) is 4.33. The van der Waals surface area contributed by atoms with E-state index in [0.717, 1.165) is 0 Å². The fourth-order valence-corrected chi connectivity index (χ4v) is 10.0. The van der Waals surface area contributed by atoms with E-state index in [1.54, 1.807) is 26.8 Å². The van der Waals surface area contributed by atoms with E-state index >= 15 is 0 Å². The molecule has 0 aromatic carbocycles. The van der Waals surface area contributed by atoms with Crippen LogP contribution in [0.2, 0.25) is 43.8 Å². The van der Waals surface area contributed by atoms with Crippen molar-refractivity contribution in [1.29, 1.82) is 0 Å². The molecule has 2 fully saturated rings. The third-order valence-electron chi connectivity index (χ3n) is 7.56. The molecule has 226 valence electrons. The first-order chi connectivity index (χ1) is 17.5. The van der Waals surface area contributed by atoms with E-state index in [0.29, 0.717) is 6.04 Å². The van der Waals surface area contributed by atoms with Gasteiger partial charge in [0.25, 0.3) is 8.32 Å². The highest BCUT2D eigenvalue weighted by Gasteiger charge is 2.58. The number of hydrogen-bond donors (Lipinski definition) is 0. The smallest absolute Gasteiger partial charge is 0.371 e. The average Bonchev–Trinajstić information content (AvgIpc) is 3.15. The normalized spacial score (nSPS) is 26.6. The predicted octanol–water partition coefficient (Wildman–Crippen LogP) is 4.12. The summed E-state index contributed by atoms with van der Waals surface area (Å²) in [4.78, 5) is 26.0. The zero-order valence-electron chi connectivity index (χ0n) is 25.7. The molecule has 2 saturated heterocycles. The second-order valence-electron chi connectivity index (χ2n) is 13.5. The molecular weight excluding hydrogens is 559 g/mol. The highest BCUT2D eigenvalue weighted by molar-refractivity contribution is 7.89. The van der Waals surface area contributed by atoms with Crippen LogP contribution in [0.25, 0.3) is 0 Å². The van der Waals surface area contributed by atoms with Gasteiger partial charge in [-0.05, 0) is 51.0 Å². The Hall–Kier alpha value is -1.26. The Morgan fingerprint density at radius 2 is 1.69 bits per heavy atom. The summed E-state index contributed by atoms with van der Waals surface area (Å²) in [5, 5.41) is -0.192. The number of carbonyl (C=O) groups excluding carboxylic acids is 2. The molecule has 0 bridgehead atoms. The van der Waals surface area contributed by atoms with Gasteiger partial charge in [-0.15, -0.1) is 0 Å². The number of rotatable bonds is 10. The quantitative estimate of drug-likeness (QED) is 0.156. The van der Waals surface area contributed by atoms with Crippen LogP contribution in [0.4, 0.5) is 0 Å². The minimum atomic E-state index is -3.83. The number of ether oxygens (including phenoxy) is 4. The average molecular weight is 608 g/mol. The zero-order valence-corrected chi connectivity index (χ0v) is 28.6. The van der Waals surface area contributed by atoms with Crippen LogP contribution in [0.15, 0.2) is 11.8 Å². The topological polar surface area (TPSA) is 118 Å². The van der Waals surface area contributed by atoms with Gasteiger partial charge in [0, 0.05) is 20.5 Å². The molecule has 0 radical (unpaired) electrons. The summed E-state index contributed by atoms with van der Waals surface area (Å²) in [6, 6.07) is -0.612. The molecule has 1 unspecified atom stereocenters. The molecule has 2 aliphatic heterocycles. The summed E-state index contributed by atoms with van der Waals surface area (Å²) in [6.45, 7) is 21.7. The lowest BCUT2D eigenvalue weighted by atomic mass is 9.92. The summed E-state index contributed by atoms with van der Waals surface area (Å²) in [7, 11) is -6.68. The molecule has 2 heterocycles. The highest BCUT2D eigenvalue weighted by atomic mass is 32.2. The molecule has 0 aromatic rings. The maximum atomic E-state index is 13.6. The van der Waals surface area contributed by atoms with Gasteiger partial charge in [0.15, 0.2) is 11.5 Å². The Balaban J connectivity index is 2.59. The number of methoxy groups -OCH3 is 1. The maximum Gasteiger partial charge on any atom is 0.371 e. The number of hydrogen-bond acceptors (Lipinski definition) is 9. The third-order valence-corrected chi connectivity index (χ3v) is 15.8. The van der Waals surface area contributed by atoms with Gasteiger partial charge in [-0.3, -0.25) is 4.79 Å². The molecular formula is C26H49NO9SSi2. The second kappa shape index (κ2) is 11.9. The van der Waals surface area contributed by atoms with Crippen LogP contribution in [-0.2, 0) is 43.0 Å². The first kappa shape index (κ1) is 33.9. The largest absolute Gasteiger partial charge is 0.539 e. The van der Waals surface area contributed by atoms with Gasteiger partial charge in [-0.25, -0.2) is 13.2 Å². The van der Waals surface area contributed by atoms with Crippen LogP contribution >= 0.6 is 0 Å². The van der Waals surface area contributed by atoms with Gasteiger partial charge < -0.3 is 23.4 Å². The second-order valence-corrected chi connectivity index (χ2v) is 25.9. The lowest BCUT2D eigenvalue weighted by Crippen LogP contribution is -2.55. The summed E-state index contributed by atoms with van der Waals surface area (Å²) in [5.41, 5.74) is 0. The Morgan fingerprint density at radius 1 is 1.10 bits per heavy atom. The van der Waals surface area contributed by atoms with Crippen LogP contribution in [0.3, 0.4) is 0 Å². The van der Waals surface area contributed by atoms with Crippen LogP contribution < -0.4 is 0 Å². The number of nitrogens with zero attached hydrogens (tertiary/aromatic N) is 1. The van der Waals surface area contributed by atoms with Gasteiger partial charge in [0.05, 0.1) is 31.7 Å². The van der Waals surface area contributed by atoms with E-state index in [1.165, 1.54) is 11.4 Å². The standard InChI is InChI=1S/C26H49NO9SSi2/c1-13-33-24(29)21-22-18(17-27(21)37(30,31)14-15-38(8,9)10)19(34-26(5,6)35-22)16-20(23(28)32-7)36-39(11,12)25(2,3)4/h16,18-19,21-22H,13-15,17H2,1-12H3/b20-16+/t18-,19-,21?,22+/m1/s1. The monoisotopic (exact) mass is 607 g/mol. The number of sulfonamides is 1. The van der Waals surface area contributed by atoms with Crippen molar-refractivity contribution in [2.24, 2.45) is 5.92 Å². The van der Waals surface area contributed by atoms with Gasteiger partial charge in [0.1, 0.15) is 6.04 Å². The minimum absolute atomic E-state index is 0.0123. The lowest BCUT2D eigenvalue weighted by Gasteiger charge is -2.43. The molecule has 0 amide bonds. The summed E-state index contributed by atoms with van der Waals surface area (Å²) >= 11 is 0. The van der Waals surface area contributed by atoms with Crippen molar-refractivity contribution in [3.63, 3.8) is 0 Å². The van der Waals surface area contributed by atoms with Crippen molar-refractivity contribution in [2.75, 3.05) is 26.0 Å². The van der Waals surface area contributed by atoms with Crippen molar-refractivity contribution in [3.8, 4) is 0 Å². The van der Waals surface area contributed by atoms with E-state index in [1.807, 2.05) is 13.1 Å². The van der Waals surface area contributed by atoms with Gasteiger partial charge in [0.2, 0.25) is 10.0 Å². The molecule has 4 atom stereocenters. The first-order valence-electron chi connectivity index (χ1n) is 13.6. The van der Waals surface area contributed by atoms with E-state index in [4.69, 9.17) is 23.4 Å². The van der Waals surface area contributed by atoms with Crippen molar-refractivity contribution < 1.29 is 41.4 Å². The van der Waals surface area contributed by atoms with Crippen molar-refractivity contribution in [1.82, 2.24) is 4.31 Å². The van der Waals surface area contributed by atoms with Crippen molar-refractivity contribution >= 4 is 38.4 Å². The highest BCUT2D eigenvalue weighted by Crippen LogP contribution is 2.43. The Bertz CT molecular complexity index is 1040.